The summed E-state index contributed by atoms with van der Waals surface area (Å²) in [5.74, 6) is 1.20. The van der Waals surface area contributed by atoms with E-state index in [4.69, 9.17) is 15.2 Å². The van der Waals surface area contributed by atoms with Crippen LogP contribution in [0.2, 0.25) is 0 Å². The fourth-order valence-electron chi connectivity index (χ4n) is 3.35. The molecular formula is C21H17N5O3. The summed E-state index contributed by atoms with van der Waals surface area (Å²) in [7, 11) is 3.05. The van der Waals surface area contributed by atoms with E-state index in [0.717, 1.165) is 5.69 Å². The Labute approximate surface area is 165 Å². The summed E-state index contributed by atoms with van der Waals surface area (Å²) in [6.45, 7) is 0. The zero-order valence-corrected chi connectivity index (χ0v) is 15.8. The molecule has 2 aromatic heterocycles. The van der Waals surface area contributed by atoms with Gasteiger partial charge >= 0.3 is 0 Å². The second-order valence-corrected chi connectivity index (χ2v) is 6.24. The number of hydrogen-bond donors (Lipinski definition) is 2. The first-order valence-electron chi connectivity index (χ1n) is 8.71. The highest BCUT2D eigenvalue weighted by atomic mass is 16.5. The molecule has 0 saturated carbocycles. The summed E-state index contributed by atoms with van der Waals surface area (Å²) in [5.41, 5.74) is 7.60. The van der Waals surface area contributed by atoms with Crippen LogP contribution in [0.3, 0.4) is 0 Å². The van der Waals surface area contributed by atoms with E-state index in [2.05, 4.69) is 10.1 Å². The minimum Gasteiger partial charge on any atom is -0.497 e. The molecule has 0 aliphatic carbocycles. The Morgan fingerprint density at radius 1 is 1.14 bits per heavy atom. The molecule has 144 valence electrons. The zero-order chi connectivity index (χ0) is 20.5. The highest BCUT2D eigenvalue weighted by molar-refractivity contribution is 6.04. The molecule has 0 unspecified atom stereocenters. The van der Waals surface area contributed by atoms with Gasteiger partial charge in [0.05, 0.1) is 25.3 Å². The van der Waals surface area contributed by atoms with E-state index in [1.54, 1.807) is 22.9 Å². The Kier molecular flexibility index (Phi) is 4.41. The molecule has 0 bridgehead atoms. The number of benzene rings is 2. The van der Waals surface area contributed by atoms with Crippen molar-refractivity contribution < 1.29 is 9.47 Å². The maximum atomic E-state index is 12.8. The average molecular weight is 387 g/mol. The van der Waals surface area contributed by atoms with E-state index in [1.165, 1.54) is 14.2 Å². The van der Waals surface area contributed by atoms with Crippen molar-refractivity contribution in [2.45, 2.75) is 0 Å². The van der Waals surface area contributed by atoms with E-state index in [-0.39, 0.29) is 11.4 Å². The molecule has 4 rings (SSSR count). The van der Waals surface area contributed by atoms with Crippen molar-refractivity contribution in [1.29, 1.82) is 5.26 Å². The number of hydrogen-bond acceptors (Lipinski definition) is 6. The molecule has 0 radical (unpaired) electrons. The first-order valence-corrected chi connectivity index (χ1v) is 8.71. The first-order chi connectivity index (χ1) is 14.1. The number of H-pyrrole nitrogens is 1. The number of nitrogens with one attached hydrogen (secondary N) is 1. The molecule has 0 amide bonds. The third-order valence-electron chi connectivity index (χ3n) is 4.66. The minimum absolute atomic E-state index is 0.0802. The molecule has 8 heteroatoms. The lowest BCUT2D eigenvalue weighted by Crippen LogP contribution is -2.14. The van der Waals surface area contributed by atoms with E-state index in [1.807, 2.05) is 36.4 Å². The molecule has 2 aromatic carbocycles. The van der Waals surface area contributed by atoms with Crippen LogP contribution in [0, 0.1) is 11.3 Å². The maximum Gasteiger partial charge on any atom is 0.268 e. The predicted octanol–water partition coefficient (Wildman–Crippen LogP) is 2.85. The highest BCUT2D eigenvalue weighted by Gasteiger charge is 2.24. The van der Waals surface area contributed by atoms with Crippen LogP contribution in [0.1, 0.15) is 5.56 Å². The van der Waals surface area contributed by atoms with Crippen LogP contribution in [0.25, 0.3) is 27.8 Å². The standard InChI is InChI=1S/C21H17N5O3/c1-28-13-8-9-16(29-2)14(10-13)17-15(11-22)21(27)24-20-18(17)19(23)25-26(20)12-6-4-3-5-7-12/h3-10H,1-2H3,(H2,23,25)(H,24,27). The molecule has 0 aliphatic rings. The number of para-hydroxylation sites is 1. The van der Waals surface area contributed by atoms with Gasteiger partial charge in [0.1, 0.15) is 28.8 Å². The number of rotatable bonds is 4. The monoisotopic (exact) mass is 387 g/mol. The van der Waals surface area contributed by atoms with Crippen molar-refractivity contribution >= 4 is 16.9 Å². The largest absolute Gasteiger partial charge is 0.497 e. The van der Waals surface area contributed by atoms with Crippen LogP contribution in [-0.4, -0.2) is 29.0 Å². The molecule has 2 heterocycles. The van der Waals surface area contributed by atoms with E-state index in [9.17, 15) is 10.1 Å². The van der Waals surface area contributed by atoms with Crippen molar-refractivity contribution in [3.8, 4) is 34.4 Å². The van der Waals surface area contributed by atoms with Gasteiger partial charge < -0.3 is 20.2 Å². The lowest BCUT2D eigenvalue weighted by Gasteiger charge is -2.13. The number of nitrogen functional groups attached to an aromatic ring is 1. The zero-order valence-electron chi connectivity index (χ0n) is 15.8. The van der Waals surface area contributed by atoms with E-state index < -0.39 is 5.56 Å². The maximum absolute atomic E-state index is 12.8. The number of methoxy groups -OCH3 is 2. The topological polar surface area (TPSA) is 119 Å². The Balaban J connectivity index is 2.17. The number of nitrogens with two attached hydrogens (primary N) is 1. The van der Waals surface area contributed by atoms with Gasteiger partial charge in [-0.3, -0.25) is 4.79 Å². The van der Waals surface area contributed by atoms with Crippen molar-refractivity contribution in [2.24, 2.45) is 0 Å². The summed E-state index contributed by atoms with van der Waals surface area (Å²) in [6, 6.07) is 16.4. The normalized spacial score (nSPS) is 10.7. The molecule has 0 saturated heterocycles. The van der Waals surface area contributed by atoms with Crippen LogP contribution in [-0.2, 0) is 0 Å². The van der Waals surface area contributed by atoms with Gasteiger partial charge in [-0.2, -0.15) is 5.26 Å². The van der Waals surface area contributed by atoms with Crippen molar-refractivity contribution in [3.05, 3.63) is 64.4 Å². The average Bonchev–Trinajstić information content (AvgIpc) is 3.08. The Hall–Kier alpha value is -4.25. The second kappa shape index (κ2) is 7.05. The minimum atomic E-state index is -0.544. The quantitative estimate of drug-likeness (QED) is 0.556. The first kappa shape index (κ1) is 18.1. The lowest BCUT2D eigenvalue weighted by molar-refractivity contribution is 0.404. The lowest BCUT2D eigenvalue weighted by atomic mass is 9.97. The van der Waals surface area contributed by atoms with Gasteiger partial charge in [0.2, 0.25) is 0 Å². The summed E-state index contributed by atoms with van der Waals surface area (Å²) >= 11 is 0. The van der Waals surface area contributed by atoms with Gasteiger partial charge in [0.25, 0.3) is 5.56 Å². The number of pyridine rings is 1. The highest BCUT2D eigenvalue weighted by Crippen LogP contribution is 2.40. The van der Waals surface area contributed by atoms with Gasteiger partial charge in [-0.15, -0.1) is 5.10 Å². The third kappa shape index (κ3) is 2.85. The number of nitrogens with zero attached hydrogens (tertiary/aromatic N) is 3. The number of aromatic nitrogens is 3. The van der Waals surface area contributed by atoms with Crippen LogP contribution in [0.15, 0.2) is 53.3 Å². The number of nitriles is 1. The van der Waals surface area contributed by atoms with Crippen molar-refractivity contribution in [1.82, 2.24) is 14.8 Å². The van der Waals surface area contributed by atoms with Gasteiger partial charge in [0, 0.05) is 11.1 Å². The molecule has 0 fully saturated rings. The third-order valence-corrected chi connectivity index (χ3v) is 4.66. The summed E-state index contributed by atoms with van der Waals surface area (Å²) in [5, 5.41) is 14.6. The number of ether oxygens (including phenoxy) is 2. The number of anilines is 1. The molecule has 3 N–H and O–H groups in total. The van der Waals surface area contributed by atoms with Crippen molar-refractivity contribution in [3.63, 3.8) is 0 Å². The fraction of sp³-hybridized carbons (Fsp3) is 0.0952. The number of aromatic amines is 1. The Morgan fingerprint density at radius 3 is 2.55 bits per heavy atom. The number of fused-ring (bicyclic) bond motifs is 1. The fourth-order valence-corrected chi connectivity index (χ4v) is 3.35. The smallest absolute Gasteiger partial charge is 0.268 e. The van der Waals surface area contributed by atoms with Crippen LogP contribution in [0.5, 0.6) is 11.5 Å². The molecule has 0 spiro atoms. The van der Waals surface area contributed by atoms with Crippen molar-refractivity contribution in [2.75, 3.05) is 20.0 Å². The Morgan fingerprint density at radius 2 is 1.90 bits per heavy atom. The van der Waals surface area contributed by atoms with Crippen LogP contribution >= 0.6 is 0 Å². The van der Waals surface area contributed by atoms with Gasteiger partial charge in [-0.25, -0.2) is 4.68 Å². The Bertz CT molecular complexity index is 1320. The van der Waals surface area contributed by atoms with E-state index >= 15 is 0 Å². The molecule has 29 heavy (non-hydrogen) atoms. The van der Waals surface area contributed by atoms with Crippen LogP contribution < -0.4 is 20.8 Å². The SMILES string of the molecule is COc1ccc(OC)c(-c2c(C#N)c(=O)[nH]c3c2c(N)nn3-c2ccccc2)c1. The van der Waals surface area contributed by atoms with Gasteiger partial charge in [0.15, 0.2) is 5.82 Å². The summed E-state index contributed by atoms with van der Waals surface area (Å²) < 4.78 is 12.3. The van der Waals surface area contributed by atoms with Gasteiger partial charge in [-0.05, 0) is 30.3 Å². The summed E-state index contributed by atoms with van der Waals surface area (Å²) in [6.07, 6.45) is 0. The molecule has 8 nitrogen and oxygen atoms in total. The molecule has 0 atom stereocenters. The molecule has 4 aromatic rings. The van der Waals surface area contributed by atoms with E-state index in [0.29, 0.717) is 33.7 Å². The van der Waals surface area contributed by atoms with Gasteiger partial charge in [-0.1, -0.05) is 18.2 Å². The van der Waals surface area contributed by atoms with Crippen LogP contribution in [0.4, 0.5) is 5.82 Å². The summed E-state index contributed by atoms with van der Waals surface area (Å²) in [4.78, 5) is 15.5. The molecule has 0 aliphatic heterocycles. The predicted molar refractivity (Wildman–Crippen MR) is 109 cm³/mol. The molecular weight excluding hydrogens is 370 g/mol. The second-order valence-electron chi connectivity index (χ2n) is 6.24.